The van der Waals surface area contributed by atoms with Crippen LogP contribution in [0.5, 0.6) is 5.75 Å². The molecule has 1 aliphatic rings. The van der Waals surface area contributed by atoms with E-state index in [2.05, 4.69) is 10.6 Å². The maximum absolute atomic E-state index is 12.1. The quantitative estimate of drug-likeness (QED) is 0.693. The standard InChI is InChI=1S/C20H22N2O4/c1-26-17-11-9-16(10-12-17)22-19(24)18(23)21-13-20(25,15-7-8-15)14-5-3-2-4-6-14/h2-6,9-12,15,25H,7-8,13H2,1H3,(H,21,23)(H,22,24). The molecule has 136 valence electrons. The van der Waals surface area contributed by atoms with Gasteiger partial charge >= 0.3 is 11.8 Å². The Kier molecular flexibility index (Phi) is 5.23. The maximum atomic E-state index is 12.1. The summed E-state index contributed by atoms with van der Waals surface area (Å²) >= 11 is 0. The molecule has 2 amide bonds. The smallest absolute Gasteiger partial charge is 0.313 e. The molecule has 1 aliphatic carbocycles. The van der Waals surface area contributed by atoms with Crippen LogP contribution in [0.25, 0.3) is 0 Å². The Balaban J connectivity index is 1.60. The van der Waals surface area contributed by atoms with Gasteiger partial charge in [0.15, 0.2) is 0 Å². The third kappa shape index (κ3) is 4.03. The third-order valence-corrected chi connectivity index (χ3v) is 4.60. The van der Waals surface area contributed by atoms with Crippen LogP contribution < -0.4 is 15.4 Å². The summed E-state index contributed by atoms with van der Waals surface area (Å²) < 4.78 is 5.05. The molecule has 0 spiro atoms. The number of rotatable bonds is 6. The summed E-state index contributed by atoms with van der Waals surface area (Å²) in [7, 11) is 1.55. The van der Waals surface area contributed by atoms with E-state index in [1.165, 1.54) is 0 Å². The molecule has 3 N–H and O–H groups in total. The summed E-state index contributed by atoms with van der Waals surface area (Å²) in [4.78, 5) is 24.2. The fourth-order valence-electron chi connectivity index (χ4n) is 2.93. The Morgan fingerprint density at radius 1 is 1.08 bits per heavy atom. The molecule has 2 aromatic rings. The molecule has 0 bridgehead atoms. The Hall–Kier alpha value is -2.86. The van der Waals surface area contributed by atoms with Crippen LogP contribution in [0.4, 0.5) is 5.69 Å². The molecule has 0 saturated heterocycles. The van der Waals surface area contributed by atoms with Gasteiger partial charge in [-0.3, -0.25) is 9.59 Å². The van der Waals surface area contributed by atoms with Crippen LogP contribution in [-0.2, 0) is 15.2 Å². The molecule has 6 nitrogen and oxygen atoms in total. The van der Waals surface area contributed by atoms with Crippen LogP contribution in [-0.4, -0.2) is 30.6 Å². The molecular formula is C20H22N2O4. The highest BCUT2D eigenvalue weighted by molar-refractivity contribution is 6.39. The highest BCUT2D eigenvalue weighted by Crippen LogP contribution is 2.45. The maximum Gasteiger partial charge on any atom is 0.313 e. The molecule has 1 saturated carbocycles. The monoisotopic (exact) mass is 354 g/mol. The first kappa shape index (κ1) is 17.9. The predicted octanol–water partition coefficient (Wildman–Crippen LogP) is 2.05. The van der Waals surface area contributed by atoms with Gasteiger partial charge < -0.3 is 20.5 Å². The van der Waals surface area contributed by atoms with Crippen molar-refractivity contribution in [3.8, 4) is 5.75 Å². The van der Waals surface area contributed by atoms with Crippen LogP contribution in [0.1, 0.15) is 18.4 Å². The van der Waals surface area contributed by atoms with Crippen molar-refractivity contribution < 1.29 is 19.4 Å². The van der Waals surface area contributed by atoms with Crippen LogP contribution in [0, 0.1) is 5.92 Å². The van der Waals surface area contributed by atoms with E-state index in [-0.39, 0.29) is 12.5 Å². The minimum atomic E-state index is -1.16. The molecular weight excluding hydrogens is 332 g/mol. The number of benzene rings is 2. The first-order chi connectivity index (χ1) is 12.5. The van der Waals surface area contributed by atoms with Crippen LogP contribution >= 0.6 is 0 Å². The van der Waals surface area contributed by atoms with Gasteiger partial charge in [-0.25, -0.2) is 0 Å². The van der Waals surface area contributed by atoms with Gasteiger partial charge in [0, 0.05) is 5.69 Å². The van der Waals surface area contributed by atoms with Gasteiger partial charge in [0.25, 0.3) is 0 Å². The number of hydrogen-bond acceptors (Lipinski definition) is 4. The zero-order valence-electron chi connectivity index (χ0n) is 14.6. The summed E-state index contributed by atoms with van der Waals surface area (Å²) in [6.07, 6.45) is 1.80. The molecule has 1 unspecified atom stereocenters. The average molecular weight is 354 g/mol. The van der Waals surface area contributed by atoms with Crippen molar-refractivity contribution in [1.29, 1.82) is 0 Å². The fourth-order valence-corrected chi connectivity index (χ4v) is 2.93. The number of ether oxygens (including phenoxy) is 1. The lowest BCUT2D eigenvalue weighted by Gasteiger charge is -2.29. The van der Waals surface area contributed by atoms with E-state index in [1.54, 1.807) is 31.4 Å². The Bertz CT molecular complexity index is 772. The van der Waals surface area contributed by atoms with Crippen molar-refractivity contribution >= 4 is 17.5 Å². The van der Waals surface area contributed by atoms with Crippen molar-refractivity contribution in [2.45, 2.75) is 18.4 Å². The Morgan fingerprint density at radius 2 is 1.73 bits per heavy atom. The molecule has 0 aliphatic heterocycles. The number of carbonyl (C=O) groups is 2. The average Bonchev–Trinajstić information content (AvgIpc) is 3.53. The first-order valence-electron chi connectivity index (χ1n) is 8.54. The van der Waals surface area contributed by atoms with Gasteiger partial charge in [0.2, 0.25) is 0 Å². The lowest BCUT2D eigenvalue weighted by molar-refractivity contribution is -0.137. The minimum Gasteiger partial charge on any atom is -0.497 e. The highest BCUT2D eigenvalue weighted by Gasteiger charge is 2.45. The van der Waals surface area contributed by atoms with E-state index in [1.807, 2.05) is 30.3 Å². The van der Waals surface area contributed by atoms with Crippen LogP contribution in [0.2, 0.25) is 0 Å². The van der Waals surface area contributed by atoms with E-state index in [0.717, 1.165) is 18.4 Å². The Labute approximate surface area is 152 Å². The molecule has 26 heavy (non-hydrogen) atoms. The molecule has 0 aromatic heterocycles. The molecule has 1 fully saturated rings. The molecule has 3 rings (SSSR count). The Morgan fingerprint density at radius 3 is 2.31 bits per heavy atom. The normalized spacial score (nSPS) is 15.6. The lowest BCUT2D eigenvalue weighted by Crippen LogP contribution is -2.45. The first-order valence-corrected chi connectivity index (χ1v) is 8.54. The summed E-state index contributed by atoms with van der Waals surface area (Å²) in [5.41, 5.74) is 0.0851. The second-order valence-electron chi connectivity index (χ2n) is 6.43. The van der Waals surface area contributed by atoms with Gasteiger partial charge in [-0.15, -0.1) is 0 Å². The van der Waals surface area contributed by atoms with Gasteiger partial charge in [-0.05, 0) is 48.6 Å². The van der Waals surface area contributed by atoms with Crippen LogP contribution in [0.15, 0.2) is 54.6 Å². The minimum absolute atomic E-state index is 0.00343. The van der Waals surface area contributed by atoms with Gasteiger partial charge in [0.1, 0.15) is 11.4 Å². The molecule has 0 radical (unpaired) electrons. The molecule has 6 heteroatoms. The summed E-state index contributed by atoms with van der Waals surface area (Å²) in [6.45, 7) is -0.00343. The third-order valence-electron chi connectivity index (χ3n) is 4.60. The van der Waals surface area contributed by atoms with E-state index in [0.29, 0.717) is 11.4 Å². The van der Waals surface area contributed by atoms with Crippen molar-refractivity contribution in [2.24, 2.45) is 5.92 Å². The zero-order valence-corrected chi connectivity index (χ0v) is 14.6. The van der Waals surface area contributed by atoms with Crippen molar-refractivity contribution in [3.05, 3.63) is 60.2 Å². The number of hydrogen-bond donors (Lipinski definition) is 3. The van der Waals surface area contributed by atoms with Crippen molar-refractivity contribution in [3.63, 3.8) is 0 Å². The number of aliphatic hydroxyl groups is 1. The van der Waals surface area contributed by atoms with E-state index in [9.17, 15) is 14.7 Å². The van der Waals surface area contributed by atoms with Gasteiger partial charge in [0.05, 0.1) is 13.7 Å². The van der Waals surface area contributed by atoms with Gasteiger partial charge in [-0.2, -0.15) is 0 Å². The molecule has 1 atom stereocenters. The molecule has 2 aromatic carbocycles. The number of anilines is 1. The van der Waals surface area contributed by atoms with Crippen LogP contribution in [0.3, 0.4) is 0 Å². The second kappa shape index (κ2) is 7.58. The summed E-state index contributed by atoms with van der Waals surface area (Å²) in [5.74, 6) is -0.808. The number of methoxy groups -OCH3 is 1. The fraction of sp³-hybridized carbons (Fsp3) is 0.300. The zero-order chi connectivity index (χ0) is 18.6. The van der Waals surface area contributed by atoms with E-state index in [4.69, 9.17) is 4.74 Å². The molecule has 0 heterocycles. The van der Waals surface area contributed by atoms with Gasteiger partial charge in [-0.1, -0.05) is 30.3 Å². The number of nitrogens with one attached hydrogen (secondary N) is 2. The number of carbonyl (C=O) groups excluding carboxylic acids is 2. The predicted molar refractivity (Wildman–Crippen MR) is 97.7 cm³/mol. The lowest BCUT2D eigenvalue weighted by atomic mass is 9.88. The van der Waals surface area contributed by atoms with E-state index < -0.39 is 17.4 Å². The second-order valence-corrected chi connectivity index (χ2v) is 6.43. The summed E-state index contributed by atoms with van der Waals surface area (Å²) in [6, 6.07) is 15.9. The largest absolute Gasteiger partial charge is 0.497 e. The highest BCUT2D eigenvalue weighted by atomic mass is 16.5. The van der Waals surface area contributed by atoms with E-state index >= 15 is 0 Å². The van der Waals surface area contributed by atoms with Crippen molar-refractivity contribution in [2.75, 3.05) is 19.0 Å². The SMILES string of the molecule is COc1ccc(NC(=O)C(=O)NCC(O)(c2ccccc2)C2CC2)cc1. The topological polar surface area (TPSA) is 87.7 Å². The summed E-state index contributed by atoms with van der Waals surface area (Å²) in [5, 5.41) is 16.1. The van der Waals surface area contributed by atoms with Crippen molar-refractivity contribution in [1.82, 2.24) is 5.32 Å². The number of amides is 2.